The Bertz CT molecular complexity index is 2870. The lowest BCUT2D eigenvalue weighted by Crippen LogP contribution is -2.13. The maximum atomic E-state index is 2.44. The van der Waals surface area contributed by atoms with Gasteiger partial charge in [-0.05, 0) is 81.9 Å². The highest BCUT2D eigenvalue weighted by atomic mass is 15.1. The molecule has 0 aliphatic carbocycles. The minimum absolute atomic E-state index is 1.08. The predicted octanol–water partition coefficient (Wildman–Crippen LogP) is 14.9. The number of hydrogen-bond donors (Lipinski definition) is 0. The molecule has 0 bridgehead atoms. The molecular formula is C54H38N2. The number of para-hydroxylation sites is 3. The molecule has 0 N–H and O–H groups in total. The molecule has 0 aliphatic rings. The van der Waals surface area contributed by atoms with E-state index in [0.29, 0.717) is 0 Å². The molecule has 2 nitrogen and oxygen atoms in total. The molecule has 0 unspecified atom stereocenters. The first kappa shape index (κ1) is 33.2. The molecule has 0 saturated heterocycles. The summed E-state index contributed by atoms with van der Waals surface area (Å²) < 4.78 is 2.38. The monoisotopic (exact) mass is 714 g/mol. The summed E-state index contributed by atoms with van der Waals surface area (Å²) in [5.41, 5.74) is 16.2. The van der Waals surface area contributed by atoms with Crippen LogP contribution in [0.15, 0.2) is 231 Å². The van der Waals surface area contributed by atoms with Crippen molar-refractivity contribution in [2.45, 2.75) is 0 Å². The molecule has 0 aliphatic heterocycles. The second-order valence-corrected chi connectivity index (χ2v) is 14.1. The quantitative estimate of drug-likeness (QED) is 0.152. The van der Waals surface area contributed by atoms with E-state index < -0.39 is 0 Å². The Labute approximate surface area is 327 Å². The summed E-state index contributed by atoms with van der Waals surface area (Å²) >= 11 is 0. The summed E-state index contributed by atoms with van der Waals surface area (Å²) in [5, 5.41) is 2.52. The summed E-state index contributed by atoms with van der Waals surface area (Å²) in [7, 11) is 0. The van der Waals surface area contributed by atoms with Gasteiger partial charge in [-0.2, -0.15) is 0 Å². The molecule has 1 heterocycles. The highest BCUT2D eigenvalue weighted by Crippen LogP contribution is 2.48. The van der Waals surface area contributed by atoms with Crippen molar-refractivity contribution in [2.75, 3.05) is 4.90 Å². The van der Waals surface area contributed by atoms with Gasteiger partial charge in [0.2, 0.25) is 0 Å². The lowest BCUT2D eigenvalue weighted by molar-refractivity contribution is 1.18. The van der Waals surface area contributed by atoms with Gasteiger partial charge < -0.3 is 9.47 Å². The van der Waals surface area contributed by atoms with Crippen LogP contribution in [-0.2, 0) is 0 Å². The molecule has 0 spiro atoms. The Kier molecular flexibility index (Phi) is 8.55. The maximum Gasteiger partial charge on any atom is 0.0546 e. The fourth-order valence-electron chi connectivity index (χ4n) is 8.24. The van der Waals surface area contributed by atoms with Gasteiger partial charge in [0.25, 0.3) is 0 Å². The van der Waals surface area contributed by atoms with Crippen LogP contribution in [0.4, 0.5) is 17.1 Å². The highest BCUT2D eigenvalue weighted by Gasteiger charge is 2.23. The van der Waals surface area contributed by atoms with Crippen molar-refractivity contribution < 1.29 is 0 Å². The number of aromatic nitrogens is 1. The van der Waals surface area contributed by atoms with Crippen molar-refractivity contribution in [3.8, 4) is 50.2 Å². The van der Waals surface area contributed by atoms with Gasteiger partial charge in [-0.1, -0.05) is 182 Å². The van der Waals surface area contributed by atoms with E-state index in [4.69, 9.17) is 0 Å². The largest absolute Gasteiger partial charge is 0.309 e. The standard InChI is InChI=1S/C54H38N2/c1-4-17-39(18-5-1)40-31-35-45(36-32-40)56(50-27-13-10-23-46(50)41-19-6-2-7-20-41)53-30-16-26-47(42-21-8-3-9-22-42)54(53)43-33-37-44(38-34-43)55-51-28-14-11-24-48(51)49-25-12-15-29-52(49)55/h1-38H. The van der Waals surface area contributed by atoms with Crippen LogP contribution in [0.5, 0.6) is 0 Å². The van der Waals surface area contributed by atoms with Crippen LogP contribution in [-0.4, -0.2) is 4.57 Å². The Hall–Kier alpha value is -7.42. The van der Waals surface area contributed by atoms with Crippen LogP contribution < -0.4 is 4.90 Å². The fraction of sp³-hybridized carbons (Fsp3) is 0. The number of benzene rings is 9. The van der Waals surface area contributed by atoms with E-state index in [2.05, 4.69) is 240 Å². The van der Waals surface area contributed by atoms with Gasteiger partial charge in [-0.3, -0.25) is 0 Å². The van der Waals surface area contributed by atoms with Crippen LogP contribution in [0.25, 0.3) is 72.0 Å². The van der Waals surface area contributed by atoms with Crippen molar-refractivity contribution in [1.29, 1.82) is 0 Å². The second kappa shape index (κ2) is 14.4. The first-order valence-corrected chi connectivity index (χ1v) is 19.2. The maximum absolute atomic E-state index is 2.44. The summed E-state index contributed by atoms with van der Waals surface area (Å²) in [4.78, 5) is 2.44. The average molecular weight is 715 g/mol. The van der Waals surface area contributed by atoms with Gasteiger partial charge in [0.15, 0.2) is 0 Å². The molecule has 2 heteroatoms. The third-order valence-electron chi connectivity index (χ3n) is 10.8. The van der Waals surface area contributed by atoms with Crippen molar-refractivity contribution in [3.05, 3.63) is 231 Å². The molecule has 0 atom stereocenters. The minimum Gasteiger partial charge on any atom is -0.309 e. The van der Waals surface area contributed by atoms with E-state index in [0.717, 1.165) is 33.9 Å². The number of nitrogens with zero attached hydrogens (tertiary/aromatic N) is 2. The molecule has 10 aromatic rings. The number of hydrogen-bond acceptors (Lipinski definition) is 1. The van der Waals surface area contributed by atoms with Crippen molar-refractivity contribution in [3.63, 3.8) is 0 Å². The molecule has 0 amide bonds. The minimum atomic E-state index is 1.08. The third-order valence-corrected chi connectivity index (χ3v) is 10.8. The molecule has 0 fully saturated rings. The van der Waals surface area contributed by atoms with Crippen molar-refractivity contribution >= 4 is 38.9 Å². The lowest BCUT2D eigenvalue weighted by atomic mass is 9.91. The lowest BCUT2D eigenvalue weighted by Gasteiger charge is -2.31. The Morgan fingerprint density at radius 2 is 0.732 bits per heavy atom. The van der Waals surface area contributed by atoms with Crippen molar-refractivity contribution in [2.24, 2.45) is 0 Å². The first-order chi connectivity index (χ1) is 27.8. The van der Waals surface area contributed by atoms with E-state index in [-0.39, 0.29) is 0 Å². The molecule has 10 rings (SSSR count). The zero-order valence-electron chi connectivity index (χ0n) is 30.8. The summed E-state index contributed by atoms with van der Waals surface area (Å²) in [6.45, 7) is 0. The zero-order chi connectivity index (χ0) is 37.3. The Balaban J connectivity index is 1.20. The van der Waals surface area contributed by atoms with E-state index in [1.807, 2.05) is 0 Å². The zero-order valence-corrected chi connectivity index (χ0v) is 30.8. The highest BCUT2D eigenvalue weighted by molar-refractivity contribution is 6.09. The van der Waals surface area contributed by atoms with Crippen molar-refractivity contribution in [1.82, 2.24) is 4.57 Å². The summed E-state index contributed by atoms with van der Waals surface area (Å²) in [5.74, 6) is 0. The Morgan fingerprint density at radius 1 is 0.286 bits per heavy atom. The first-order valence-electron chi connectivity index (χ1n) is 19.2. The summed E-state index contributed by atoms with van der Waals surface area (Å²) in [6, 6.07) is 83.1. The van der Waals surface area contributed by atoms with Gasteiger partial charge >= 0.3 is 0 Å². The fourth-order valence-corrected chi connectivity index (χ4v) is 8.24. The third kappa shape index (κ3) is 5.95. The normalized spacial score (nSPS) is 11.2. The van der Waals surface area contributed by atoms with Gasteiger partial charge in [0, 0.05) is 33.3 Å². The number of rotatable bonds is 8. The molecule has 264 valence electrons. The molecule has 56 heavy (non-hydrogen) atoms. The topological polar surface area (TPSA) is 8.17 Å². The van der Waals surface area contributed by atoms with Crippen LogP contribution in [0, 0.1) is 0 Å². The van der Waals surface area contributed by atoms with E-state index in [1.54, 1.807) is 0 Å². The molecule has 9 aromatic carbocycles. The average Bonchev–Trinajstić information content (AvgIpc) is 3.62. The molecule has 0 radical (unpaired) electrons. The van der Waals surface area contributed by atoms with E-state index in [1.165, 1.54) is 55.2 Å². The van der Waals surface area contributed by atoms with Crippen LogP contribution >= 0.6 is 0 Å². The van der Waals surface area contributed by atoms with Gasteiger partial charge in [-0.15, -0.1) is 0 Å². The van der Waals surface area contributed by atoms with Crippen LogP contribution in [0.2, 0.25) is 0 Å². The van der Waals surface area contributed by atoms with Gasteiger partial charge in [0.05, 0.1) is 22.4 Å². The van der Waals surface area contributed by atoms with Gasteiger partial charge in [-0.25, -0.2) is 0 Å². The summed E-state index contributed by atoms with van der Waals surface area (Å²) in [6.07, 6.45) is 0. The van der Waals surface area contributed by atoms with Crippen LogP contribution in [0.3, 0.4) is 0 Å². The molecule has 0 saturated carbocycles. The van der Waals surface area contributed by atoms with E-state index in [9.17, 15) is 0 Å². The van der Waals surface area contributed by atoms with Gasteiger partial charge in [0.1, 0.15) is 0 Å². The predicted molar refractivity (Wildman–Crippen MR) is 237 cm³/mol. The number of fused-ring (bicyclic) bond motifs is 3. The molecular weight excluding hydrogens is 677 g/mol. The number of anilines is 3. The SMILES string of the molecule is c1ccc(-c2ccc(N(c3ccccc3-c3ccccc3)c3cccc(-c4ccccc4)c3-c3ccc(-n4c5ccccc5c5ccccc54)cc3)cc2)cc1. The van der Waals surface area contributed by atoms with E-state index >= 15 is 0 Å². The molecule has 1 aromatic heterocycles. The van der Waals surface area contributed by atoms with Crippen LogP contribution in [0.1, 0.15) is 0 Å². The smallest absolute Gasteiger partial charge is 0.0546 e. The Morgan fingerprint density at radius 3 is 1.36 bits per heavy atom. The second-order valence-electron chi connectivity index (χ2n) is 14.1.